The van der Waals surface area contributed by atoms with Crippen LogP contribution < -0.4 is 5.32 Å². The summed E-state index contributed by atoms with van der Waals surface area (Å²) in [5.41, 5.74) is 0.305. The number of piperidine rings is 1. The van der Waals surface area contributed by atoms with Gasteiger partial charge in [0, 0.05) is 50.5 Å². The second-order valence-electron chi connectivity index (χ2n) is 11.1. The number of carbonyl (C=O) groups excluding carboxylic acids is 2. The maximum Gasteiger partial charge on any atom is 0.243 e. The van der Waals surface area contributed by atoms with Crippen LogP contribution in [0.1, 0.15) is 52.0 Å². The molecule has 4 rings (SSSR count). The van der Waals surface area contributed by atoms with Crippen LogP contribution >= 0.6 is 0 Å². The number of pyridine rings is 1. The predicted molar refractivity (Wildman–Crippen MR) is 120 cm³/mol. The van der Waals surface area contributed by atoms with E-state index in [4.69, 9.17) is 0 Å². The van der Waals surface area contributed by atoms with Crippen LogP contribution in [0.3, 0.4) is 0 Å². The quantitative estimate of drug-likeness (QED) is 0.768. The molecule has 3 aliphatic heterocycles. The van der Waals surface area contributed by atoms with Crippen LogP contribution in [0.15, 0.2) is 18.5 Å². The lowest BCUT2D eigenvalue weighted by molar-refractivity contribution is -0.135. The first-order chi connectivity index (χ1) is 15.1. The molecule has 7 nitrogen and oxygen atoms in total. The van der Waals surface area contributed by atoms with Crippen molar-refractivity contribution < 1.29 is 14.0 Å². The Bertz CT molecular complexity index is 834. The van der Waals surface area contributed by atoms with E-state index in [9.17, 15) is 14.0 Å². The minimum Gasteiger partial charge on any atom is -0.348 e. The summed E-state index contributed by atoms with van der Waals surface area (Å²) in [5, 5.41) is 3.27. The topological polar surface area (TPSA) is 68.8 Å². The Morgan fingerprint density at radius 2 is 2.00 bits per heavy atom. The van der Waals surface area contributed by atoms with Crippen LogP contribution in [0.25, 0.3) is 0 Å². The van der Waals surface area contributed by atoms with E-state index in [0.29, 0.717) is 44.3 Å². The average molecular weight is 446 g/mol. The summed E-state index contributed by atoms with van der Waals surface area (Å²) >= 11 is 0. The van der Waals surface area contributed by atoms with E-state index >= 15 is 0 Å². The Morgan fingerprint density at radius 1 is 1.28 bits per heavy atom. The highest BCUT2D eigenvalue weighted by Crippen LogP contribution is 2.34. The summed E-state index contributed by atoms with van der Waals surface area (Å²) in [6.07, 6.45) is 5.28. The van der Waals surface area contributed by atoms with Crippen LogP contribution in [0, 0.1) is 11.2 Å². The number of hydrogen-bond acceptors (Lipinski definition) is 5. The number of fused-ring (bicyclic) bond motifs is 1. The molecule has 2 atom stereocenters. The van der Waals surface area contributed by atoms with Crippen molar-refractivity contribution in [2.24, 2.45) is 5.41 Å². The highest BCUT2D eigenvalue weighted by molar-refractivity contribution is 5.92. The van der Waals surface area contributed by atoms with Crippen LogP contribution in [0.5, 0.6) is 0 Å². The summed E-state index contributed by atoms with van der Waals surface area (Å²) in [5.74, 6) is -0.234. The molecule has 3 fully saturated rings. The summed E-state index contributed by atoms with van der Waals surface area (Å²) in [7, 11) is 2.09. The van der Waals surface area contributed by atoms with Gasteiger partial charge in [0.05, 0.1) is 18.2 Å². The third kappa shape index (κ3) is 4.96. The third-order valence-electron chi connectivity index (χ3n) is 7.19. The summed E-state index contributed by atoms with van der Waals surface area (Å²) < 4.78 is 14.0. The van der Waals surface area contributed by atoms with E-state index < -0.39 is 5.54 Å². The lowest BCUT2D eigenvalue weighted by Crippen LogP contribution is -2.56. The number of aromatic nitrogens is 1. The zero-order valence-electron chi connectivity index (χ0n) is 19.7. The standard InChI is InChI=1S/C24H36FN5O2/c1-23(2,3)16-28(4)18-11-20-22(32)27-24(12-21(31)30(20)15-18)6-9-29(10-7-24)14-17-5-8-26-13-19(17)25/h5,8,13,18,20H,6-7,9-12,14-16H2,1-4H3,(H,27,32)/t18-,20-/m0/s1. The second-order valence-corrected chi connectivity index (χ2v) is 11.1. The number of halogens is 1. The van der Waals surface area contributed by atoms with Crippen LogP contribution in [-0.4, -0.2) is 82.3 Å². The Balaban J connectivity index is 1.38. The molecule has 0 bridgehead atoms. The predicted octanol–water partition coefficient (Wildman–Crippen LogP) is 2.02. The molecular weight excluding hydrogens is 409 g/mol. The van der Waals surface area contributed by atoms with Gasteiger partial charge in [-0.2, -0.15) is 0 Å². The number of rotatable bonds is 4. The van der Waals surface area contributed by atoms with Gasteiger partial charge < -0.3 is 15.1 Å². The molecule has 0 radical (unpaired) electrons. The van der Waals surface area contributed by atoms with Crippen LogP contribution in [-0.2, 0) is 16.1 Å². The summed E-state index contributed by atoms with van der Waals surface area (Å²) in [6, 6.07) is 1.54. The van der Waals surface area contributed by atoms with Crippen molar-refractivity contribution in [2.45, 2.75) is 70.6 Å². The largest absolute Gasteiger partial charge is 0.348 e. The average Bonchev–Trinajstić information content (AvgIpc) is 3.13. The maximum absolute atomic E-state index is 14.0. The third-order valence-corrected chi connectivity index (χ3v) is 7.19. The molecule has 0 aromatic carbocycles. The van der Waals surface area contributed by atoms with Gasteiger partial charge in [0.15, 0.2) is 0 Å². The van der Waals surface area contributed by atoms with Crippen molar-refractivity contribution in [3.63, 3.8) is 0 Å². The van der Waals surface area contributed by atoms with Gasteiger partial charge >= 0.3 is 0 Å². The molecule has 0 aliphatic carbocycles. The molecule has 2 amide bonds. The molecule has 8 heteroatoms. The van der Waals surface area contributed by atoms with Gasteiger partial charge in [0.25, 0.3) is 0 Å². The van der Waals surface area contributed by atoms with Gasteiger partial charge in [-0.25, -0.2) is 4.39 Å². The Labute approximate surface area is 190 Å². The first-order valence-electron chi connectivity index (χ1n) is 11.7. The number of carbonyl (C=O) groups is 2. The number of nitrogens with one attached hydrogen (secondary N) is 1. The Morgan fingerprint density at radius 3 is 2.66 bits per heavy atom. The van der Waals surface area contributed by atoms with Crippen LogP contribution in [0.2, 0.25) is 0 Å². The molecule has 1 spiro atoms. The van der Waals surface area contributed by atoms with Crippen molar-refractivity contribution in [3.05, 3.63) is 29.8 Å². The van der Waals surface area contributed by atoms with E-state index in [1.54, 1.807) is 12.3 Å². The second kappa shape index (κ2) is 8.71. The highest BCUT2D eigenvalue weighted by atomic mass is 19.1. The SMILES string of the molecule is CN(CC(C)(C)C)[C@H]1C[C@H]2C(=O)NC3(CCN(Cc4ccncc4F)CC3)CC(=O)N2C1. The normalized spacial score (nSPS) is 26.4. The summed E-state index contributed by atoms with van der Waals surface area (Å²) in [4.78, 5) is 36.5. The molecule has 1 aromatic heterocycles. The zero-order chi connectivity index (χ0) is 23.1. The van der Waals surface area contributed by atoms with E-state index in [0.717, 1.165) is 19.6 Å². The first kappa shape index (κ1) is 23.1. The Hall–Kier alpha value is -2.06. The number of likely N-dealkylation sites (tertiary alicyclic amines) is 1. The number of likely N-dealkylation sites (N-methyl/N-ethyl adjacent to an activating group) is 1. The molecule has 176 valence electrons. The molecule has 1 aromatic rings. The fourth-order valence-corrected chi connectivity index (χ4v) is 5.53. The van der Waals surface area contributed by atoms with Gasteiger partial charge in [-0.15, -0.1) is 0 Å². The van der Waals surface area contributed by atoms with E-state index in [1.165, 1.54) is 6.20 Å². The highest BCUT2D eigenvalue weighted by Gasteiger charge is 2.49. The number of amides is 2. The number of hydrogen-bond donors (Lipinski definition) is 1. The van der Waals surface area contributed by atoms with Gasteiger partial charge in [-0.3, -0.25) is 19.5 Å². The molecule has 32 heavy (non-hydrogen) atoms. The van der Waals surface area contributed by atoms with Gasteiger partial charge in [0.1, 0.15) is 11.9 Å². The number of nitrogens with zero attached hydrogens (tertiary/aromatic N) is 4. The molecule has 0 saturated carbocycles. The van der Waals surface area contributed by atoms with Crippen molar-refractivity contribution in [2.75, 3.05) is 33.2 Å². The van der Waals surface area contributed by atoms with E-state index in [2.05, 4.69) is 47.9 Å². The van der Waals surface area contributed by atoms with Gasteiger partial charge in [0.2, 0.25) is 11.8 Å². The van der Waals surface area contributed by atoms with Crippen LogP contribution in [0.4, 0.5) is 4.39 Å². The smallest absolute Gasteiger partial charge is 0.243 e. The van der Waals surface area contributed by atoms with Gasteiger partial charge in [-0.1, -0.05) is 20.8 Å². The Kier molecular flexibility index (Phi) is 6.29. The van der Waals surface area contributed by atoms with Crippen molar-refractivity contribution in [1.29, 1.82) is 0 Å². The molecule has 4 heterocycles. The lowest BCUT2D eigenvalue weighted by atomic mass is 9.84. The molecule has 1 N–H and O–H groups in total. The van der Waals surface area contributed by atoms with E-state index in [1.807, 2.05) is 4.90 Å². The van der Waals surface area contributed by atoms with E-state index in [-0.39, 0.29) is 35.1 Å². The van der Waals surface area contributed by atoms with Crippen molar-refractivity contribution >= 4 is 11.8 Å². The molecule has 3 aliphatic rings. The van der Waals surface area contributed by atoms with Crippen molar-refractivity contribution in [1.82, 2.24) is 25.0 Å². The lowest BCUT2D eigenvalue weighted by Gasteiger charge is -2.41. The maximum atomic E-state index is 14.0. The monoisotopic (exact) mass is 445 g/mol. The molecule has 0 unspecified atom stereocenters. The molecule has 3 saturated heterocycles. The fourth-order valence-electron chi connectivity index (χ4n) is 5.53. The molecular formula is C24H36FN5O2. The van der Waals surface area contributed by atoms with Crippen molar-refractivity contribution in [3.8, 4) is 0 Å². The zero-order valence-corrected chi connectivity index (χ0v) is 19.7. The van der Waals surface area contributed by atoms with Gasteiger partial charge in [-0.05, 0) is 37.8 Å². The summed E-state index contributed by atoms with van der Waals surface area (Å²) in [6.45, 7) is 10.1. The minimum atomic E-state index is -0.487. The first-order valence-corrected chi connectivity index (χ1v) is 11.7. The minimum absolute atomic E-state index is 0.0175. The fraction of sp³-hybridized carbons (Fsp3) is 0.708.